The Morgan fingerprint density at radius 3 is 2.74 bits per heavy atom. The molecule has 1 aromatic rings. The molecule has 0 radical (unpaired) electrons. The summed E-state index contributed by atoms with van der Waals surface area (Å²) in [5.74, 6) is 6.04. The van der Waals surface area contributed by atoms with Gasteiger partial charge >= 0.3 is 0 Å². The van der Waals surface area contributed by atoms with Gasteiger partial charge in [0.1, 0.15) is 5.82 Å². The number of nitrogens with zero attached hydrogens (tertiary/aromatic N) is 1. The second-order valence-corrected chi connectivity index (χ2v) is 5.06. The molecule has 0 aliphatic heterocycles. The Hall–Kier alpha value is -1.37. The van der Waals surface area contributed by atoms with Crippen molar-refractivity contribution in [3.8, 4) is 11.8 Å². The van der Waals surface area contributed by atoms with Gasteiger partial charge in [-0.15, -0.1) is 0 Å². The predicted octanol–water partition coefficient (Wildman–Crippen LogP) is 2.61. The van der Waals surface area contributed by atoms with Crippen molar-refractivity contribution >= 4 is 0 Å². The van der Waals surface area contributed by atoms with E-state index in [0.29, 0.717) is 18.0 Å². The van der Waals surface area contributed by atoms with Crippen LogP contribution in [0.1, 0.15) is 31.4 Å². The fourth-order valence-corrected chi connectivity index (χ4v) is 2.00. The Balaban J connectivity index is 2.75. The second kappa shape index (κ2) is 7.93. The summed E-state index contributed by atoms with van der Waals surface area (Å²) in [4.78, 5) is 2.21. The summed E-state index contributed by atoms with van der Waals surface area (Å²) in [5, 5.41) is 0. The summed E-state index contributed by atoms with van der Waals surface area (Å²) in [6.07, 6.45) is 1.15. The van der Waals surface area contributed by atoms with Crippen LogP contribution in [-0.4, -0.2) is 25.0 Å². The van der Waals surface area contributed by atoms with Gasteiger partial charge < -0.3 is 10.6 Å². The summed E-state index contributed by atoms with van der Waals surface area (Å²) in [5.41, 5.74) is 6.97. The van der Waals surface area contributed by atoms with Crippen molar-refractivity contribution in [2.24, 2.45) is 11.7 Å². The highest BCUT2D eigenvalue weighted by Crippen LogP contribution is 2.12. The number of rotatable bonds is 5. The summed E-state index contributed by atoms with van der Waals surface area (Å²) >= 11 is 0. The van der Waals surface area contributed by atoms with Gasteiger partial charge in [0, 0.05) is 18.7 Å². The van der Waals surface area contributed by atoms with E-state index in [-0.39, 0.29) is 5.82 Å². The minimum atomic E-state index is -0.240. The summed E-state index contributed by atoms with van der Waals surface area (Å²) < 4.78 is 13.5. The molecule has 1 unspecified atom stereocenters. The van der Waals surface area contributed by atoms with Crippen LogP contribution < -0.4 is 5.73 Å². The lowest BCUT2D eigenvalue weighted by atomic mass is 10.1. The van der Waals surface area contributed by atoms with Crippen molar-refractivity contribution in [2.75, 3.05) is 20.1 Å². The van der Waals surface area contributed by atoms with E-state index in [0.717, 1.165) is 25.1 Å². The van der Waals surface area contributed by atoms with E-state index in [1.54, 1.807) is 6.07 Å². The lowest BCUT2D eigenvalue weighted by molar-refractivity contribution is 0.275. The van der Waals surface area contributed by atoms with Gasteiger partial charge in [-0.05, 0) is 36.7 Å². The first-order valence-corrected chi connectivity index (χ1v) is 6.72. The zero-order valence-corrected chi connectivity index (χ0v) is 12.0. The standard InChI is InChI=1S/C16H23FN2/c1-4-13(2)11-19(3)12-15-8-14(6-5-7-18)9-16(17)10-15/h8-10,13H,4,7,11-12,18H2,1-3H3. The highest BCUT2D eigenvalue weighted by molar-refractivity contribution is 5.37. The van der Waals surface area contributed by atoms with Gasteiger partial charge in [-0.1, -0.05) is 32.1 Å². The molecule has 0 fully saturated rings. The number of halogens is 1. The van der Waals surface area contributed by atoms with E-state index in [1.165, 1.54) is 6.07 Å². The van der Waals surface area contributed by atoms with Crippen molar-refractivity contribution in [1.82, 2.24) is 4.90 Å². The van der Waals surface area contributed by atoms with Gasteiger partial charge in [0.05, 0.1) is 6.54 Å². The molecule has 0 saturated carbocycles. The van der Waals surface area contributed by atoms with Crippen LogP contribution >= 0.6 is 0 Å². The second-order valence-electron chi connectivity index (χ2n) is 5.06. The number of benzene rings is 1. The van der Waals surface area contributed by atoms with Crippen LogP contribution in [0.15, 0.2) is 18.2 Å². The largest absolute Gasteiger partial charge is 0.320 e. The average molecular weight is 262 g/mol. The number of nitrogens with two attached hydrogens (primary N) is 1. The van der Waals surface area contributed by atoms with Crippen LogP contribution in [0.4, 0.5) is 4.39 Å². The zero-order chi connectivity index (χ0) is 14.3. The Kier molecular flexibility index (Phi) is 6.55. The van der Waals surface area contributed by atoms with Crippen molar-refractivity contribution in [1.29, 1.82) is 0 Å². The molecule has 0 amide bonds. The molecule has 0 aliphatic rings. The fraction of sp³-hybridized carbons (Fsp3) is 0.500. The number of hydrogen-bond donors (Lipinski definition) is 1. The van der Waals surface area contributed by atoms with E-state index in [1.807, 2.05) is 6.07 Å². The maximum atomic E-state index is 13.5. The molecular formula is C16H23FN2. The molecule has 2 nitrogen and oxygen atoms in total. The van der Waals surface area contributed by atoms with Crippen LogP contribution in [0, 0.1) is 23.6 Å². The molecule has 1 rings (SSSR count). The highest BCUT2D eigenvalue weighted by Gasteiger charge is 2.06. The van der Waals surface area contributed by atoms with Gasteiger partial charge in [0.25, 0.3) is 0 Å². The maximum absolute atomic E-state index is 13.5. The molecular weight excluding hydrogens is 239 g/mol. The molecule has 1 atom stereocenters. The van der Waals surface area contributed by atoms with E-state index in [4.69, 9.17) is 5.73 Å². The summed E-state index contributed by atoms with van der Waals surface area (Å²) in [6, 6.07) is 4.94. The Bertz CT molecular complexity index is 460. The van der Waals surface area contributed by atoms with E-state index in [9.17, 15) is 4.39 Å². The smallest absolute Gasteiger partial charge is 0.124 e. The molecule has 0 saturated heterocycles. The molecule has 3 heteroatoms. The van der Waals surface area contributed by atoms with Crippen LogP contribution in [0.3, 0.4) is 0 Å². The Morgan fingerprint density at radius 2 is 2.11 bits per heavy atom. The van der Waals surface area contributed by atoms with Crippen molar-refractivity contribution in [2.45, 2.75) is 26.8 Å². The van der Waals surface area contributed by atoms with Crippen molar-refractivity contribution in [3.63, 3.8) is 0 Å². The van der Waals surface area contributed by atoms with E-state index < -0.39 is 0 Å². The molecule has 0 aromatic heterocycles. The average Bonchev–Trinajstić information content (AvgIpc) is 2.35. The molecule has 0 heterocycles. The first kappa shape index (κ1) is 15.7. The molecule has 2 N–H and O–H groups in total. The van der Waals surface area contributed by atoms with Crippen molar-refractivity contribution < 1.29 is 4.39 Å². The zero-order valence-electron chi connectivity index (χ0n) is 12.0. The highest BCUT2D eigenvalue weighted by atomic mass is 19.1. The lowest BCUT2D eigenvalue weighted by Crippen LogP contribution is -2.23. The number of hydrogen-bond acceptors (Lipinski definition) is 2. The molecule has 0 spiro atoms. The first-order chi connectivity index (χ1) is 9.05. The Morgan fingerprint density at radius 1 is 1.37 bits per heavy atom. The molecule has 19 heavy (non-hydrogen) atoms. The minimum Gasteiger partial charge on any atom is -0.320 e. The van der Waals surface area contributed by atoms with Crippen LogP contribution in [0.2, 0.25) is 0 Å². The monoisotopic (exact) mass is 262 g/mol. The fourth-order valence-electron chi connectivity index (χ4n) is 2.00. The third-order valence-electron chi connectivity index (χ3n) is 3.07. The van der Waals surface area contributed by atoms with Gasteiger partial charge in [-0.2, -0.15) is 0 Å². The lowest BCUT2D eigenvalue weighted by Gasteiger charge is -2.20. The third-order valence-corrected chi connectivity index (χ3v) is 3.07. The topological polar surface area (TPSA) is 29.3 Å². The van der Waals surface area contributed by atoms with Crippen LogP contribution in [0.5, 0.6) is 0 Å². The van der Waals surface area contributed by atoms with Crippen molar-refractivity contribution in [3.05, 3.63) is 35.1 Å². The summed E-state index contributed by atoms with van der Waals surface area (Å²) in [6.45, 7) is 6.44. The van der Waals surface area contributed by atoms with E-state index in [2.05, 4.69) is 37.6 Å². The Labute approximate surface area is 115 Å². The molecule has 0 bridgehead atoms. The SMILES string of the molecule is CCC(C)CN(C)Cc1cc(F)cc(C#CCN)c1. The van der Waals surface area contributed by atoms with Gasteiger partial charge in [0.2, 0.25) is 0 Å². The van der Waals surface area contributed by atoms with Crippen LogP contribution in [-0.2, 0) is 6.54 Å². The summed E-state index contributed by atoms with van der Waals surface area (Å²) in [7, 11) is 2.06. The maximum Gasteiger partial charge on any atom is 0.124 e. The van der Waals surface area contributed by atoms with Crippen LogP contribution in [0.25, 0.3) is 0 Å². The first-order valence-electron chi connectivity index (χ1n) is 6.72. The van der Waals surface area contributed by atoms with Gasteiger partial charge in [0.15, 0.2) is 0 Å². The molecule has 104 valence electrons. The predicted molar refractivity (Wildman–Crippen MR) is 78.1 cm³/mol. The van der Waals surface area contributed by atoms with Gasteiger partial charge in [-0.3, -0.25) is 0 Å². The van der Waals surface area contributed by atoms with Gasteiger partial charge in [-0.25, -0.2) is 4.39 Å². The normalized spacial score (nSPS) is 12.1. The van der Waals surface area contributed by atoms with E-state index >= 15 is 0 Å². The molecule has 0 aliphatic carbocycles. The quantitative estimate of drug-likeness (QED) is 0.827. The molecule has 1 aromatic carbocycles. The third kappa shape index (κ3) is 5.87. The minimum absolute atomic E-state index is 0.240.